The van der Waals surface area contributed by atoms with Crippen LogP contribution in [-0.4, -0.2) is 26.5 Å². The molecular weight excluding hydrogens is 222 g/mol. The van der Waals surface area contributed by atoms with Gasteiger partial charge in [0, 0.05) is 0 Å². The maximum Gasteiger partial charge on any atom is 0.327 e. The average Bonchev–Trinajstić information content (AvgIpc) is 2.84. The average molecular weight is 235 g/mol. The minimum Gasteiger partial charge on any atom is -0.335 e. The Morgan fingerprint density at radius 1 is 1.24 bits per heavy atom. The molecule has 7 heteroatoms. The Labute approximate surface area is 95.7 Å². The van der Waals surface area contributed by atoms with Gasteiger partial charge in [-0.05, 0) is 26.3 Å². The standard InChI is InChI=1S/C10H13N5O2/c1-10(3-2-4-11-10)8-12-5-6(13-8)14-9(17)15-7(5)16/h11H,2-4H2,1H3,(H3,12,13,14,15,16,17). The van der Waals surface area contributed by atoms with Gasteiger partial charge in [-0.1, -0.05) is 0 Å². The van der Waals surface area contributed by atoms with Crippen LogP contribution in [0.5, 0.6) is 0 Å². The molecule has 1 aliphatic heterocycles. The van der Waals surface area contributed by atoms with E-state index in [2.05, 4.69) is 25.3 Å². The molecule has 0 radical (unpaired) electrons. The van der Waals surface area contributed by atoms with Gasteiger partial charge in [-0.3, -0.25) is 14.8 Å². The van der Waals surface area contributed by atoms with Gasteiger partial charge in [0.25, 0.3) is 5.56 Å². The summed E-state index contributed by atoms with van der Waals surface area (Å²) in [6.07, 6.45) is 2.02. The van der Waals surface area contributed by atoms with Crippen LogP contribution in [0, 0.1) is 0 Å². The third kappa shape index (κ3) is 1.50. The number of H-pyrrole nitrogens is 3. The van der Waals surface area contributed by atoms with Crippen molar-refractivity contribution in [2.75, 3.05) is 6.54 Å². The molecule has 0 aliphatic carbocycles. The largest absolute Gasteiger partial charge is 0.335 e. The minimum atomic E-state index is -0.537. The van der Waals surface area contributed by atoms with Crippen LogP contribution in [0.25, 0.3) is 11.2 Å². The summed E-state index contributed by atoms with van der Waals surface area (Å²) in [6, 6.07) is 0. The summed E-state index contributed by atoms with van der Waals surface area (Å²) in [6.45, 7) is 2.96. The Kier molecular flexibility index (Phi) is 1.99. The second-order valence-electron chi connectivity index (χ2n) is 4.58. The van der Waals surface area contributed by atoms with Gasteiger partial charge in [-0.25, -0.2) is 9.78 Å². The number of aromatic nitrogens is 4. The normalized spacial score (nSPS) is 24.5. The van der Waals surface area contributed by atoms with Crippen LogP contribution in [0.4, 0.5) is 0 Å². The van der Waals surface area contributed by atoms with E-state index in [9.17, 15) is 9.59 Å². The van der Waals surface area contributed by atoms with Crippen LogP contribution in [0.2, 0.25) is 0 Å². The van der Waals surface area contributed by atoms with Crippen molar-refractivity contribution >= 4 is 11.2 Å². The third-order valence-electron chi connectivity index (χ3n) is 3.28. The van der Waals surface area contributed by atoms with Gasteiger partial charge in [-0.15, -0.1) is 0 Å². The lowest BCUT2D eigenvalue weighted by molar-refractivity contribution is 0.412. The first kappa shape index (κ1) is 10.3. The first-order valence-electron chi connectivity index (χ1n) is 5.56. The highest BCUT2D eigenvalue weighted by Crippen LogP contribution is 2.28. The molecule has 0 amide bonds. The molecule has 90 valence electrons. The van der Waals surface area contributed by atoms with E-state index < -0.39 is 11.2 Å². The number of nitrogens with zero attached hydrogens (tertiary/aromatic N) is 1. The Bertz CT molecular complexity index is 674. The summed E-state index contributed by atoms with van der Waals surface area (Å²) in [5.41, 5.74) is -0.602. The van der Waals surface area contributed by atoms with Crippen LogP contribution in [0.3, 0.4) is 0 Å². The quantitative estimate of drug-likeness (QED) is 0.536. The zero-order valence-corrected chi connectivity index (χ0v) is 9.39. The Hall–Kier alpha value is -1.89. The van der Waals surface area contributed by atoms with Crippen molar-refractivity contribution in [1.82, 2.24) is 25.3 Å². The van der Waals surface area contributed by atoms with Gasteiger partial charge in [0.2, 0.25) is 0 Å². The van der Waals surface area contributed by atoms with Gasteiger partial charge in [0.05, 0.1) is 5.54 Å². The van der Waals surface area contributed by atoms with E-state index in [1.807, 2.05) is 6.92 Å². The lowest BCUT2D eigenvalue weighted by Gasteiger charge is -2.20. The summed E-state index contributed by atoms with van der Waals surface area (Å²) in [5.74, 6) is 0.692. The second kappa shape index (κ2) is 3.30. The van der Waals surface area contributed by atoms with Crippen LogP contribution >= 0.6 is 0 Å². The molecule has 0 bridgehead atoms. The molecule has 0 spiro atoms. The second-order valence-corrected chi connectivity index (χ2v) is 4.58. The molecule has 1 fully saturated rings. The van der Waals surface area contributed by atoms with Gasteiger partial charge in [0.1, 0.15) is 11.3 Å². The Morgan fingerprint density at radius 2 is 2.06 bits per heavy atom. The van der Waals surface area contributed by atoms with Crippen LogP contribution < -0.4 is 16.6 Å². The smallest absolute Gasteiger partial charge is 0.327 e. The molecule has 1 saturated heterocycles. The van der Waals surface area contributed by atoms with E-state index in [4.69, 9.17) is 0 Å². The van der Waals surface area contributed by atoms with Gasteiger partial charge in [-0.2, -0.15) is 0 Å². The number of aromatic amines is 3. The molecule has 3 heterocycles. The van der Waals surface area contributed by atoms with E-state index in [1.54, 1.807) is 0 Å². The van der Waals surface area contributed by atoms with Gasteiger partial charge >= 0.3 is 5.69 Å². The first-order valence-corrected chi connectivity index (χ1v) is 5.56. The van der Waals surface area contributed by atoms with E-state index >= 15 is 0 Å². The van der Waals surface area contributed by atoms with E-state index in [1.165, 1.54) is 0 Å². The predicted molar refractivity (Wildman–Crippen MR) is 61.9 cm³/mol. The molecule has 1 atom stereocenters. The van der Waals surface area contributed by atoms with Gasteiger partial charge in [0.15, 0.2) is 5.65 Å². The number of imidazole rings is 1. The van der Waals surface area contributed by atoms with Crippen LogP contribution in [0.1, 0.15) is 25.6 Å². The highest BCUT2D eigenvalue weighted by Gasteiger charge is 2.33. The lowest BCUT2D eigenvalue weighted by atomic mass is 10.00. The summed E-state index contributed by atoms with van der Waals surface area (Å²) in [4.78, 5) is 34.7. The first-order chi connectivity index (χ1) is 8.08. The fraction of sp³-hybridized carbons (Fsp3) is 0.500. The van der Waals surface area contributed by atoms with Crippen molar-refractivity contribution in [3.8, 4) is 0 Å². The molecule has 1 aliphatic rings. The summed E-state index contributed by atoms with van der Waals surface area (Å²) in [7, 11) is 0. The van der Waals surface area contributed by atoms with E-state index in [0.29, 0.717) is 17.0 Å². The van der Waals surface area contributed by atoms with Crippen LogP contribution in [0.15, 0.2) is 9.59 Å². The summed E-state index contributed by atoms with van der Waals surface area (Å²) >= 11 is 0. The van der Waals surface area contributed by atoms with Crippen molar-refractivity contribution in [2.24, 2.45) is 0 Å². The molecule has 0 saturated carbocycles. The van der Waals surface area contributed by atoms with Gasteiger partial charge < -0.3 is 10.3 Å². The molecule has 3 rings (SSSR count). The molecule has 0 aromatic carbocycles. The highest BCUT2D eigenvalue weighted by molar-refractivity contribution is 5.68. The van der Waals surface area contributed by atoms with E-state index in [0.717, 1.165) is 19.4 Å². The molecule has 2 aromatic rings. The van der Waals surface area contributed by atoms with Crippen molar-refractivity contribution in [2.45, 2.75) is 25.3 Å². The number of nitrogens with one attached hydrogen (secondary N) is 4. The number of fused-ring (bicyclic) bond motifs is 1. The Balaban J connectivity index is 2.23. The van der Waals surface area contributed by atoms with Crippen molar-refractivity contribution in [3.63, 3.8) is 0 Å². The predicted octanol–water partition coefficient (Wildman–Crippen LogP) is -0.462. The fourth-order valence-electron chi connectivity index (χ4n) is 2.29. The SMILES string of the molecule is CC1(c2nc3[nH]c(=O)[nH]c(=O)c3[nH]2)CCCN1. The summed E-state index contributed by atoms with van der Waals surface area (Å²) < 4.78 is 0. The van der Waals surface area contributed by atoms with Crippen LogP contribution in [-0.2, 0) is 5.54 Å². The number of rotatable bonds is 1. The monoisotopic (exact) mass is 235 g/mol. The van der Waals surface area contributed by atoms with Crippen molar-refractivity contribution < 1.29 is 0 Å². The molecule has 7 nitrogen and oxygen atoms in total. The molecule has 4 N–H and O–H groups in total. The topological polar surface area (TPSA) is 106 Å². The van der Waals surface area contributed by atoms with Crippen molar-refractivity contribution in [1.29, 1.82) is 0 Å². The lowest BCUT2D eigenvalue weighted by Crippen LogP contribution is -2.34. The molecule has 1 unspecified atom stereocenters. The van der Waals surface area contributed by atoms with Crippen molar-refractivity contribution in [3.05, 3.63) is 26.7 Å². The number of hydrogen-bond acceptors (Lipinski definition) is 4. The summed E-state index contributed by atoms with van der Waals surface area (Å²) in [5, 5.41) is 3.35. The molecular formula is C10H13N5O2. The maximum atomic E-state index is 11.6. The molecule has 2 aromatic heterocycles. The third-order valence-corrected chi connectivity index (χ3v) is 3.28. The fourth-order valence-corrected chi connectivity index (χ4v) is 2.29. The number of hydrogen-bond donors (Lipinski definition) is 4. The maximum absolute atomic E-state index is 11.6. The molecule has 17 heavy (non-hydrogen) atoms. The minimum absolute atomic E-state index is 0.248. The highest BCUT2D eigenvalue weighted by atomic mass is 16.2. The zero-order chi connectivity index (χ0) is 12.0. The van der Waals surface area contributed by atoms with E-state index in [-0.39, 0.29) is 5.54 Å². The zero-order valence-electron chi connectivity index (χ0n) is 9.39. The Morgan fingerprint density at radius 3 is 2.76 bits per heavy atom.